The average Bonchev–Trinajstić information content (AvgIpc) is 3.17. The van der Waals surface area contributed by atoms with Crippen LogP contribution in [0, 0.1) is 5.92 Å². The Hall–Kier alpha value is -2.32. The Labute approximate surface area is 182 Å². The van der Waals surface area contributed by atoms with Gasteiger partial charge < -0.3 is 10.2 Å². The quantitative estimate of drug-likeness (QED) is 0.663. The van der Waals surface area contributed by atoms with Gasteiger partial charge in [0.25, 0.3) is 0 Å². The highest BCUT2D eigenvalue weighted by atomic mass is 32.1. The van der Waals surface area contributed by atoms with E-state index in [1.54, 1.807) is 0 Å². The summed E-state index contributed by atoms with van der Waals surface area (Å²) in [6.07, 6.45) is 2.28. The van der Waals surface area contributed by atoms with E-state index in [1.807, 2.05) is 11.0 Å². The lowest BCUT2D eigenvalue weighted by atomic mass is 10.1. The van der Waals surface area contributed by atoms with Crippen LogP contribution in [0.4, 0.5) is 5.13 Å². The molecule has 1 aliphatic rings. The number of rotatable bonds is 9. The van der Waals surface area contributed by atoms with E-state index in [-0.39, 0.29) is 24.7 Å². The van der Waals surface area contributed by atoms with Gasteiger partial charge >= 0.3 is 0 Å². The molecule has 1 aliphatic heterocycles. The van der Waals surface area contributed by atoms with Gasteiger partial charge in [0.2, 0.25) is 16.9 Å². The minimum atomic E-state index is -0.183. The molecule has 0 radical (unpaired) electrons. The standard InChI is InChI=1S/C22H31N5O2S/c1-17(2)16-20-24-25-22(30-20)23-19(28)8-9-21(29)27-14-12-26(13-15-27)11-10-18-6-4-3-5-7-18/h3-7,17H,8-16H2,1-2H3,(H,23,25,28). The van der Waals surface area contributed by atoms with E-state index in [0.717, 1.165) is 50.6 Å². The summed E-state index contributed by atoms with van der Waals surface area (Å²) in [5, 5.41) is 12.3. The van der Waals surface area contributed by atoms with E-state index in [0.29, 0.717) is 11.0 Å². The Balaban J connectivity index is 1.33. The first-order valence-corrected chi connectivity index (χ1v) is 11.5. The summed E-state index contributed by atoms with van der Waals surface area (Å²) in [5.41, 5.74) is 1.34. The average molecular weight is 430 g/mol. The van der Waals surface area contributed by atoms with Crippen molar-refractivity contribution in [2.24, 2.45) is 5.92 Å². The number of benzene rings is 1. The Kier molecular flexibility index (Phi) is 8.33. The SMILES string of the molecule is CC(C)Cc1nnc(NC(=O)CCC(=O)N2CCN(CCc3ccccc3)CC2)s1. The molecule has 1 aromatic heterocycles. The zero-order valence-corrected chi connectivity index (χ0v) is 18.7. The predicted molar refractivity (Wildman–Crippen MR) is 119 cm³/mol. The number of amides is 2. The van der Waals surface area contributed by atoms with Crippen molar-refractivity contribution in [2.75, 3.05) is 38.0 Å². The molecule has 0 spiro atoms. The van der Waals surface area contributed by atoms with Gasteiger partial charge in [0.15, 0.2) is 0 Å². The summed E-state index contributed by atoms with van der Waals surface area (Å²) < 4.78 is 0. The molecule has 0 aliphatic carbocycles. The maximum atomic E-state index is 12.5. The molecule has 0 atom stereocenters. The van der Waals surface area contributed by atoms with Crippen molar-refractivity contribution in [3.8, 4) is 0 Å². The third-order valence-corrected chi connectivity index (χ3v) is 6.01. The fourth-order valence-corrected chi connectivity index (χ4v) is 4.42. The Morgan fingerprint density at radius 1 is 1.07 bits per heavy atom. The summed E-state index contributed by atoms with van der Waals surface area (Å²) in [6, 6.07) is 10.5. The molecule has 1 N–H and O–H groups in total. The minimum Gasteiger partial charge on any atom is -0.340 e. The predicted octanol–water partition coefficient (Wildman–Crippen LogP) is 2.84. The number of carbonyl (C=O) groups excluding carboxylic acids is 2. The Morgan fingerprint density at radius 3 is 2.50 bits per heavy atom. The molecule has 0 saturated carbocycles. The zero-order valence-electron chi connectivity index (χ0n) is 17.8. The van der Waals surface area contributed by atoms with Crippen LogP contribution in [0.15, 0.2) is 30.3 Å². The highest BCUT2D eigenvalue weighted by Gasteiger charge is 2.21. The number of nitrogens with zero attached hydrogens (tertiary/aromatic N) is 4. The summed E-state index contributed by atoms with van der Waals surface area (Å²) in [5.74, 6) is 0.362. The fourth-order valence-electron chi connectivity index (χ4n) is 3.45. The number of piperazine rings is 1. The molecule has 7 nitrogen and oxygen atoms in total. The lowest BCUT2D eigenvalue weighted by Gasteiger charge is -2.34. The topological polar surface area (TPSA) is 78.4 Å². The van der Waals surface area contributed by atoms with Gasteiger partial charge in [-0.05, 0) is 17.9 Å². The fraction of sp³-hybridized carbons (Fsp3) is 0.545. The molecule has 1 fully saturated rings. The van der Waals surface area contributed by atoms with E-state index in [9.17, 15) is 9.59 Å². The van der Waals surface area contributed by atoms with Gasteiger partial charge in [0, 0.05) is 52.0 Å². The van der Waals surface area contributed by atoms with E-state index >= 15 is 0 Å². The maximum absolute atomic E-state index is 12.5. The van der Waals surface area contributed by atoms with Crippen LogP contribution in [0.2, 0.25) is 0 Å². The van der Waals surface area contributed by atoms with Gasteiger partial charge in [-0.2, -0.15) is 0 Å². The molecule has 0 bridgehead atoms. The van der Waals surface area contributed by atoms with Crippen molar-refractivity contribution in [2.45, 2.75) is 39.5 Å². The van der Waals surface area contributed by atoms with Crippen LogP contribution in [0.5, 0.6) is 0 Å². The van der Waals surface area contributed by atoms with Crippen molar-refractivity contribution in [3.05, 3.63) is 40.9 Å². The van der Waals surface area contributed by atoms with Gasteiger partial charge in [-0.25, -0.2) is 0 Å². The normalized spacial score (nSPS) is 14.8. The molecule has 8 heteroatoms. The van der Waals surface area contributed by atoms with E-state index in [4.69, 9.17) is 0 Å². The van der Waals surface area contributed by atoms with Crippen molar-refractivity contribution in [1.82, 2.24) is 20.0 Å². The van der Waals surface area contributed by atoms with Gasteiger partial charge in [-0.15, -0.1) is 10.2 Å². The van der Waals surface area contributed by atoms with Crippen LogP contribution in [0.3, 0.4) is 0 Å². The van der Waals surface area contributed by atoms with E-state index in [1.165, 1.54) is 16.9 Å². The molecule has 2 heterocycles. The molecule has 1 saturated heterocycles. The highest BCUT2D eigenvalue weighted by molar-refractivity contribution is 7.15. The van der Waals surface area contributed by atoms with Crippen molar-refractivity contribution in [3.63, 3.8) is 0 Å². The van der Waals surface area contributed by atoms with E-state index in [2.05, 4.69) is 58.5 Å². The Morgan fingerprint density at radius 2 is 1.80 bits per heavy atom. The second kappa shape index (κ2) is 11.2. The lowest BCUT2D eigenvalue weighted by molar-refractivity contribution is -0.134. The van der Waals surface area contributed by atoms with Crippen molar-refractivity contribution < 1.29 is 9.59 Å². The second-order valence-electron chi connectivity index (χ2n) is 8.11. The minimum absolute atomic E-state index is 0.0469. The first kappa shape index (κ1) is 22.4. The van der Waals surface area contributed by atoms with Crippen LogP contribution >= 0.6 is 11.3 Å². The first-order valence-electron chi connectivity index (χ1n) is 10.7. The number of aromatic nitrogens is 2. The molecule has 3 rings (SSSR count). The molecule has 2 aromatic rings. The van der Waals surface area contributed by atoms with Crippen molar-refractivity contribution in [1.29, 1.82) is 0 Å². The molecule has 2 amide bonds. The molecule has 1 aromatic carbocycles. The van der Waals surface area contributed by atoms with Crippen LogP contribution < -0.4 is 5.32 Å². The van der Waals surface area contributed by atoms with Crippen LogP contribution in [-0.4, -0.2) is 64.5 Å². The Bertz CT molecular complexity index is 816. The smallest absolute Gasteiger partial charge is 0.226 e. The summed E-state index contributed by atoms with van der Waals surface area (Å²) in [7, 11) is 0. The lowest BCUT2D eigenvalue weighted by Crippen LogP contribution is -2.49. The van der Waals surface area contributed by atoms with Crippen LogP contribution in [0.1, 0.15) is 37.3 Å². The zero-order chi connectivity index (χ0) is 21.3. The second-order valence-corrected chi connectivity index (χ2v) is 9.17. The molecule has 30 heavy (non-hydrogen) atoms. The monoisotopic (exact) mass is 429 g/mol. The maximum Gasteiger partial charge on any atom is 0.226 e. The third kappa shape index (κ3) is 7.18. The van der Waals surface area contributed by atoms with Crippen LogP contribution in [-0.2, 0) is 22.4 Å². The molecular weight excluding hydrogens is 398 g/mol. The van der Waals surface area contributed by atoms with Gasteiger partial charge in [0.05, 0.1) is 0 Å². The van der Waals surface area contributed by atoms with Crippen LogP contribution in [0.25, 0.3) is 0 Å². The molecule has 0 unspecified atom stereocenters. The van der Waals surface area contributed by atoms with Gasteiger partial charge in [0.1, 0.15) is 5.01 Å². The third-order valence-electron chi connectivity index (χ3n) is 5.15. The highest BCUT2D eigenvalue weighted by Crippen LogP contribution is 2.18. The first-order chi connectivity index (χ1) is 14.5. The number of carbonyl (C=O) groups is 2. The van der Waals surface area contributed by atoms with E-state index < -0.39 is 0 Å². The molecule has 162 valence electrons. The summed E-state index contributed by atoms with van der Waals surface area (Å²) >= 11 is 1.40. The van der Waals surface area contributed by atoms with Gasteiger partial charge in [-0.3, -0.25) is 14.5 Å². The summed E-state index contributed by atoms with van der Waals surface area (Å²) in [4.78, 5) is 28.9. The summed E-state index contributed by atoms with van der Waals surface area (Å²) in [6.45, 7) is 8.47. The van der Waals surface area contributed by atoms with Crippen molar-refractivity contribution >= 4 is 28.3 Å². The number of hydrogen-bond acceptors (Lipinski definition) is 6. The number of anilines is 1. The largest absolute Gasteiger partial charge is 0.340 e. The van der Waals surface area contributed by atoms with Gasteiger partial charge in [-0.1, -0.05) is 55.5 Å². The number of hydrogen-bond donors (Lipinski definition) is 1. The molecular formula is C22H31N5O2S. The number of nitrogens with one attached hydrogen (secondary N) is 1.